The molecule has 2 N–H and O–H groups in total. The van der Waals surface area contributed by atoms with Crippen LogP contribution in [0.4, 0.5) is 0 Å². The molecule has 0 saturated heterocycles. The van der Waals surface area contributed by atoms with Crippen LogP contribution in [0.3, 0.4) is 0 Å². The molecule has 8 heteroatoms. The average molecular weight is 451 g/mol. The molecule has 2 heterocycles. The lowest BCUT2D eigenvalue weighted by atomic mass is 9.92. The SMILES string of the molecule is CCOC(=O)c1c(-c2cccc(C(=O)O)c2O)c(C)n2c1-c1cc(OC)c(OC)cc1CC2. The van der Waals surface area contributed by atoms with Crippen LogP contribution in [0.5, 0.6) is 17.2 Å². The van der Waals surface area contributed by atoms with Crippen molar-refractivity contribution in [2.45, 2.75) is 26.8 Å². The van der Waals surface area contributed by atoms with Crippen molar-refractivity contribution in [1.82, 2.24) is 4.57 Å². The summed E-state index contributed by atoms with van der Waals surface area (Å²) in [4.78, 5) is 24.9. The minimum Gasteiger partial charge on any atom is -0.506 e. The number of phenols is 1. The van der Waals surface area contributed by atoms with Crippen molar-refractivity contribution in [2.75, 3.05) is 20.8 Å². The molecule has 0 unspecified atom stereocenters. The van der Waals surface area contributed by atoms with Gasteiger partial charge in [0, 0.05) is 28.9 Å². The Labute approximate surface area is 190 Å². The minimum absolute atomic E-state index is 0.169. The van der Waals surface area contributed by atoms with Gasteiger partial charge in [-0.05, 0) is 44.0 Å². The Hall–Kier alpha value is -3.94. The standard InChI is InChI=1S/C25H25NO7/c1-5-33-25(30)21-20(15-7-6-8-16(23(15)27)24(28)29)13(2)26-10-9-14-11-18(31-3)19(32-4)12-17(14)22(21)26/h6-8,11-12,27H,5,9-10H2,1-4H3,(H,28,29). The molecule has 33 heavy (non-hydrogen) atoms. The highest BCUT2D eigenvalue weighted by atomic mass is 16.5. The van der Waals surface area contributed by atoms with Crippen LogP contribution in [0.1, 0.15) is 38.9 Å². The van der Waals surface area contributed by atoms with E-state index in [1.807, 2.05) is 23.6 Å². The van der Waals surface area contributed by atoms with Crippen LogP contribution < -0.4 is 9.47 Å². The lowest BCUT2D eigenvalue weighted by Crippen LogP contribution is -2.15. The fraction of sp³-hybridized carbons (Fsp3) is 0.280. The zero-order chi connectivity index (χ0) is 23.9. The van der Waals surface area contributed by atoms with Gasteiger partial charge in [-0.15, -0.1) is 0 Å². The molecule has 0 aliphatic carbocycles. The summed E-state index contributed by atoms with van der Waals surface area (Å²) in [6, 6.07) is 8.21. The predicted octanol–water partition coefficient (Wildman–Crippen LogP) is 4.28. The summed E-state index contributed by atoms with van der Waals surface area (Å²) in [5, 5.41) is 20.3. The first-order chi connectivity index (χ1) is 15.8. The molecule has 0 fully saturated rings. The molecule has 1 aliphatic heterocycles. The molecule has 4 rings (SSSR count). The van der Waals surface area contributed by atoms with E-state index in [9.17, 15) is 19.8 Å². The maximum atomic E-state index is 13.3. The lowest BCUT2D eigenvalue weighted by molar-refractivity contribution is 0.0527. The molecule has 0 bridgehead atoms. The Kier molecular flexibility index (Phi) is 5.76. The number of rotatable bonds is 6. The second-order valence-corrected chi connectivity index (χ2v) is 7.68. The van der Waals surface area contributed by atoms with Crippen LogP contribution in [0, 0.1) is 6.92 Å². The molecule has 2 aromatic carbocycles. The summed E-state index contributed by atoms with van der Waals surface area (Å²) in [7, 11) is 3.12. The Morgan fingerprint density at radius 2 is 1.79 bits per heavy atom. The Balaban J connectivity index is 2.08. The third kappa shape index (κ3) is 3.47. The third-order valence-electron chi connectivity index (χ3n) is 6.01. The number of fused-ring (bicyclic) bond motifs is 3. The number of ether oxygens (including phenoxy) is 3. The summed E-state index contributed by atoms with van der Waals surface area (Å²) in [6.07, 6.45) is 0.695. The fourth-order valence-electron chi connectivity index (χ4n) is 4.53. The number of aromatic carboxylic acids is 1. The molecule has 0 spiro atoms. The largest absolute Gasteiger partial charge is 0.506 e. The van der Waals surface area contributed by atoms with Gasteiger partial charge in [0.05, 0.1) is 32.1 Å². The molecule has 0 atom stereocenters. The first-order valence-corrected chi connectivity index (χ1v) is 10.5. The highest BCUT2D eigenvalue weighted by Gasteiger charge is 2.33. The van der Waals surface area contributed by atoms with Crippen molar-refractivity contribution in [3.63, 3.8) is 0 Å². The Morgan fingerprint density at radius 3 is 2.42 bits per heavy atom. The smallest absolute Gasteiger partial charge is 0.340 e. The number of aromatic hydroxyl groups is 1. The van der Waals surface area contributed by atoms with E-state index in [4.69, 9.17) is 14.2 Å². The summed E-state index contributed by atoms with van der Waals surface area (Å²) in [5.74, 6) is -1.08. The van der Waals surface area contributed by atoms with Gasteiger partial charge in [0.2, 0.25) is 0 Å². The van der Waals surface area contributed by atoms with Crippen LogP contribution in [0.25, 0.3) is 22.4 Å². The molecule has 3 aromatic rings. The molecule has 0 saturated carbocycles. The van der Waals surface area contributed by atoms with E-state index in [1.54, 1.807) is 33.3 Å². The highest BCUT2D eigenvalue weighted by Crippen LogP contribution is 2.47. The summed E-state index contributed by atoms with van der Waals surface area (Å²) in [6.45, 7) is 4.33. The lowest BCUT2D eigenvalue weighted by Gasteiger charge is -2.23. The normalized spacial score (nSPS) is 12.0. The van der Waals surface area contributed by atoms with Gasteiger partial charge in [0.25, 0.3) is 0 Å². The van der Waals surface area contributed by atoms with Crippen molar-refractivity contribution in [1.29, 1.82) is 0 Å². The molecule has 172 valence electrons. The number of carbonyl (C=O) groups is 2. The van der Waals surface area contributed by atoms with Gasteiger partial charge in [-0.25, -0.2) is 9.59 Å². The number of carbonyl (C=O) groups excluding carboxylic acids is 1. The van der Waals surface area contributed by atoms with E-state index < -0.39 is 17.7 Å². The highest BCUT2D eigenvalue weighted by molar-refractivity contribution is 6.07. The van der Waals surface area contributed by atoms with Gasteiger partial charge in [-0.2, -0.15) is 0 Å². The van der Waals surface area contributed by atoms with Crippen molar-refractivity contribution in [3.05, 3.63) is 52.7 Å². The van der Waals surface area contributed by atoms with E-state index in [-0.39, 0.29) is 23.3 Å². The van der Waals surface area contributed by atoms with E-state index in [0.29, 0.717) is 35.7 Å². The van der Waals surface area contributed by atoms with Gasteiger partial charge >= 0.3 is 11.9 Å². The number of benzene rings is 2. The maximum absolute atomic E-state index is 13.3. The molecular formula is C25H25NO7. The Morgan fingerprint density at radius 1 is 1.09 bits per heavy atom. The van der Waals surface area contributed by atoms with E-state index >= 15 is 0 Å². The number of hydrogen-bond donors (Lipinski definition) is 2. The number of carboxylic acid groups (broad SMARTS) is 1. The number of methoxy groups -OCH3 is 2. The number of carboxylic acids is 1. The fourth-order valence-corrected chi connectivity index (χ4v) is 4.53. The monoisotopic (exact) mass is 451 g/mol. The number of hydrogen-bond acceptors (Lipinski definition) is 6. The van der Waals surface area contributed by atoms with Crippen molar-refractivity contribution < 1.29 is 34.0 Å². The van der Waals surface area contributed by atoms with Gasteiger partial charge < -0.3 is 29.0 Å². The van der Waals surface area contributed by atoms with Crippen LogP contribution in [-0.4, -0.2) is 47.5 Å². The van der Waals surface area contributed by atoms with E-state index in [0.717, 1.165) is 16.8 Å². The van der Waals surface area contributed by atoms with E-state index in [1.165, 1.54) is 6.07 Å². The maximum Gasteiger partial charge on any atom is 0.340 e. The number of aromatic nitrogens is 1. The first-order valence-electron chi connectivity index (χ1n) is 10.5. The predicted molar refractivity (Wildman–Crippen MR) is 121 cm³/mol. The zero-order valence-electron chi connectivity index (χ0n) is 18.9. The second kappa shape index (κ2) is 8.54. The molecular weight excluding hydrogens is 426 g/mol. The van der Waals surface area contributed by atoms with Crippen molar-refractivity contribution in [3.8, 4) is 39.6 Å². The molecule has 1 aromatic heterocycles. The van der Waals surface area contributed by atoms with Crippen LogP contribution >= 0.6 is 0 Å². The minimum atomic E-state index is -1.25. The van der Waals surface area contributed by atoms with Crippen LogP contribution in [0.2, 0.25) is 0 Å². The summed E-state index contributed by atoms with van der Waals surface area (Å²) >= 11 is 0. The van der Waals surface area contributed by atoms with Crippen molar-refractivity contribution in [2.24, 2.45) is 0 Å². The number of para-hydroxylation sites is 1. The summed E-state index contributed by atoms with van der Waals surface area (Å²) in [5.41, 5.74) is 3.90. The first kappa shape index (κ1) is 22.3. The van der Waals surface area contributed by atoms with Crippen molar-refractivity contribution >= 4 is 11.9 Å². The van der Waals surface area contributed by atoms with Gasteiger partial charge in [-0.3, -0.25) is 0 Å². The molecule has 0 amide bonds. The average Bonchev–Trinajstić information content (AvgIpc) is 3.10. The zero-order valence-corrected chi connectivity index (χ0v) is 18.9. The van der Waals surface area contributed by atoms with Gasteiger partial charge in [0.1, 0.15) is 11.3 Å². The second-order valence-electron chi connectivity index (χ2n) is 7.68. The third-order valence-corrected chi connectivity index (χ3v) is 6.01. The Bertz CT molecular complexity index is 1270. The van der Waals surface area contributed by atoms with Gasteiger partial charge in [-0.1, -0.05) is 12.1 Å². The molecule has 1 aliphatic rings. The molecule has 8 nitrogen and oxygen atoms in total. The summed E-state index contributed by atoms with van der Waals surface area (Å²) < 4.78 is 18.3. The number of nitrogens with zero attached hydrogens (tertiary/aromatic N) is 1. The van der Waals surface area contributed by atoms with Crippen LogP contribution in [-0.2, 0) is 17.7 Å². The van der Waals surface area contributed by atoms with E-state index in [2.05, 4.69) is 0 Å². The van der Waals surface area contributed by atoms with Crippen LogP contribution in [0.15, 0.2) is 30.3 Å². The van der Waals surface area contributed by atoms with Gasteiger partial charge in [0.15, 0.2) is 11.5 Å². The quantitative estimate of drug-likeness (QED) is 0.539. The topological polar surface area (TPSA) is 107 Å². The number of esters is 1. The molecule has 0 radical (unpaired) electrons. The number of aryl methyl sites for hydroxylation is 1.